The van der Waals surface area contributed by atoms with Crippen LogP contribution in [0.25, 0.3) is 0 Å². The molecule has 5 nitrogen and oxygen atoms in total. The molecule has 0 radical (unpaired) electrons. The molecular weight excluding hydrogens is 180 g/mol. The van der Waals surface area contributed by atoms with Crippen molar-refractivity contribution in [3.63, 3.8) is 0 Å². The minimum Gasteiger partial charge on any atom is -0.382 e. The molecule has 14 heavy (non-hydrogen) atoms. The van der Waals surface area contributed by atoms with Gasteiger partial charge in [-0.15, -0.1) is 0 Å². The molecule has 0 spiro atoms. The minimum atomic E-state index is 0.0363. The van der Waals surface area contributed by atoms with Gasteiger partial charge in [0.05, 0.1) is 0 Å². The zero-order valence-corrected chi connectivity index (χ0v) is 8.23. The first-order chi connectivity index (χ1) is 6.68. The zero-order chi connectivity index (χ0) is 10.1. The van der Waals surface area contributed by atoms with Crippen LogP contribution in [0.1, 0.15) is 23.3 Å². The fourth-order valence-corrected chi connectivity index (χ4v) is 1.77. The van der Waals surface area contributed by atoms with Crippen LogP contribution in [0.5, 0.6) is 0 Å². The second kappa shape index (κ2) is 3.32. The summed E-state index contributed by atoms with van der Waals surface area (Å²) in [5.41, 5.74) is 6.09. The van der Waals surface area contributed by atoms with Gasteiger partial charge in [-0.25, -0.2) is 0 Å². The van der Waals surface area contributed by atoms with E-state index in [1.54, 1.807) is 13.1 Å². The van der Waals surface area contributed by atoms with E-state index in [0.29, 0.717) is 11.5 Å². The number of hydrogen-bond donors (Lipinski definition) is 1. The highest BCUT2D eigenvalue weighted by molar-refractivity contribution is 5.93. The van der Waals surface area contributed by atoms with Gasteiger partial charge >= 0.3 is 0 Å². The van der Waals surface area contributed by atoms with E-state index in [1.165, 1.54) is 4.68 Å². The number of aryl methyl sites for hydroxylation is 1. The molecule has 1 fully saturated rings. The van der Waals surface area contributed by atoms with E-state index in [0.717, 1.165) is 25.9 Å². The van der Waals surface area contributed by atoms with Gasteiger partial charge in [0.2, 0.25) is 0 Å². The maximum Gasteiger partial charge on any atom is 0.272 e. The van der Waals surface area contributed by atoms with Gasteiger partial charge in [0.15, 0.2) is 0 Å². The van der Waals surface area contributed by atoms with Gasteiger partial charge in [-0.2, -0.15) is 5.10 Å². The molecule has 1 saturated heterocycles. The van der Waals surface area contributed by atoms with Crippen molar-refractivity contribution in [1.82, 2.24) is 14.7 Å². The molecule has 76 valence electrons. The number of rotatable bonds is 1. The summed E-state index contributed by atoms with van der Waals surface area (Å²) in [4.78, 5) is 13.7. The average molecular weight is 194 g/mol. The number of hydrogen-bond acceptors (Lipinski definition) is 3. The lowest BCUT2D eigenvalue weighted by Gasteiger charge is -2.14. The van der Waals surface area contributed by atoms with Crippen molar-refractivity contribution in [2.45, 2.75) is 12.8 Å². The second-order valence-corrected chi connectivity index (χ2v) is 3.58. The van der Waals surface area contributed by atoms with Gasteiger partial charge in [0.1, 0.15) is 11.5 Å². The Hall–Kier alpha value is -1.52. The Morgan fingerprint density at radius 3 is 2.64 bits per heavy atom. The van der Waals surface area contributed by atoms with Gasteiger partial charge < -0.3 is 10.6 Å². The summed E-state index contributed by atoms with van der Waals surface area (Å²) in [7, 11) is 1.74. The van der Waals surface area contributed by atoms with E-state index in [9.17, 15) is 4.79 Å². The topological polar surface area (TPSA) is 64.2 Å². The Bertz CT molecular complexity index is 352. The third-order valence-electron chi connectivity index (χ3n) is 2.51. The van der Waals surface area contributed by atoms with Gasteiger partial charge in [0, 0.05) is 26.2 Å². The summed E-state index contributed by atoms with van der Waals surface area (Å²) in [6.07, 6.45) is 2.19. The molecule has 0 aliphatic carbocycles. The predicted octanol–water partition coefficient (Wildman–Crippen LogP) is 0.238. The van der Waals surface area contributed by atoms with E-state index in [4.69, 9.17) is 5.73 Å². The van der Waals surface area contributed by atoms with Crippen molar-refractivity contribution < 1.29 is 4.79 Å². The first-order valence-electron chi connectivity index (χ1n) is 4.77. The van der Waals surface area contributed by atoms with E-state index in [1.807, 2.05) is 4.90 Å². The number of nitrogen functional groups attached to an aromatic ring is 1. The average Bonchev–Trinajstić information content (AvgIpc) is 2.73. The highest BCUT2D eigenvalue weighted by atomic mass is 16.2. The molecule has 2 heterocycles. The molecule has 1 aliphatic heterocycles. The monoisotopic (exact) mass is 194 g/mol. The second-order valence-electron chi connectivity index (χ2n) is 3.58. The lowest BCUT2D eigenvalue weighted by Crippen LogP contribution is -2.29. The van der Waals surface area contributed by atoms with Crippen molar-refractivity contribution in [2.75, 3.05) is 18.8 Å². The third kappa shape index (κ3) is 1.45. The lowest BCUT2D eigenvalue weighted by molar-refractivity contribution is 0.0782. The Balaban J connectivity index is 2.21. The number of aromatic nitrogens is 2. The number of carbonyl (C=O) groups is 1. The summed E-state index contributed by atoms with van der Waals surface area (Å²) in [6.45, 7) is 1.70. The molecular formula is C9H14N4O. The molecule has 1 aromatic heterocycles. The number of nitrogens with two attached hydrogens (primary N) is 1. The summed E-state index contributed by atoms with van der Waals surface area (Å²) >= 11 is 0. The molecule has 2 rings (SSSR count). The maximum atomic E-state index is 11.9. The minimum absolute atomic E-state index is 0.0363. The Labute approximate surface area is 82.5 Å². The van der Waals surface area contributed by atoms with Gasteiger partial charge in [-0.3, -0.25) is 9.48 Å². The molecule has 0 unspecified atom stereocenters. The maximum absolute atomic E-state index is 11.9. The van der Waals surface area contributed by atoms with Crippen LogP contribution in [0, 0.1) is 0 Å². The van der Waals surface area contributed by atoms with Crippen LogP contribution in [0.15, 0.2) is 6.07 Å². The molecule has 2 N–H and O–H groups in total. The Kier molecular flexibility index (Phi) is 2.15. The summed E-state index contributed by atoms with van der Waals surface area (Å²) in [5.74, 6) is 0.434. The van der Waals surface area contributed by atoms with E-state index in [2.05, 4.69) is 5.10 Å². The lowest BCUT2D eigenvalue weighted by atomic mass is 10.3. The first kappa shape index (κ1) is 9.05. The summed E-state index contributed by atoms with van der Waals surface area (Å²) in [5, 5.41) is 3.95. The van der Waals surface area contributed by atoms with Gasteiger partial charge in [-0.05, 0) is 12.8 Å². The number of carbonyl (C=O) groups excluding carboxylic acids is 1. The molecule has 0 aromatic carbocycles. The fourth-order valence-electron chi connectivity index (χ4n) is 1.77. The van der Waals surface area contributed by atoms with E-state index < -0.39 is 0 Å². The van der Waals surface area contributed by atoms with Crippen LogP contribution in [-0.4, -0.2) is 33.7 Å². The van der Waals surface area contributed by atoms with Crippen molar-refractivity contribution in [2.24, 2.45) is 7.05 Å². The first-order valence-corrected chi connectivity index (χ1v) is 4.77. The van der Waals surface area contributed by atoms with Gasteiger partial charge in [-0.1, -0.05) is 0 Å². The van der Waals surface area contributed by atoms with Crippen LogP contribution in [0.4, 0.5) is 5.82 Å². The van der Waals surface area contributed by atoms with Crippen LogP contribution in [0.3, 0.4) is 0 Å². The van der Waals surface area contributed by atoms with Crippen molar-refractivity contribution in [1.29, 1.82) is 0 Å². The SMILES string of the molecule is Cn1nc(N)cc1C(=O)N1CCCC1. The number of amides is 1. The molecule has 0 atom stereocenters. The van der Waals surface area contributed by atoms with Crippen molar-refractivity contribution in [3.8, 4) is 0 Å². The summed E-state index contributed by atoms with van der Waals surface area (Å²) in [6, 6.07) is 1.63. The molecule has 1 amide bonds. The quantitative estimate of drug-likeness (QED) is 0.696. The van der Waals surface area contributed by atoms with Crippen LogP contribution in [-0.2, 0) is 7.05 Å². The Morgan fingerprint density at radius 1 is 1.50 bits per heavy atom. The number of likely N-dealkylation sites (tertiary alicyclic amines) is 1. The van der Waals surface area contributed by atoms with Crippen molar-refractivity contribution >= 4 is 11.7 Å². The summed E-state index contributed by atoms with van der Waals surface area (Å²) < 4.78 is 1.54. The van der Waals surface area contributed by atoms with Crippen LogP contribution >= 0.6 is 0 Å². The molecule has 0 bridgehead atoms. The van der Waals surface area contributed by atoms with Crippen molar-refractivity contribution in [3.05, 3.63) is 11.8 Å². The van der Waals surface area contributed by atoms with Crippen LogP contribution in [0.2, 0.25) is 0 Å². The Morgan fingerprint density at radius 2 is 2.14 bits per heavy atom. The van der Waals surface area contributed by atoms with Gasteiger partial charge in [0.25, 0.3) is 5.91 Å². The smallest absolute Gasteiger partial charge is 0.272 e. The van der Waals surface area contributed by atoms with E-state index >= 15 is 0 Å². The third-order valence-corrected chi connectivity index (χ3v) is 2.51. The standard InChI is InChI=1S/C9H14N4O/c1-12-7(6-8(10)11-12)9(14)13-4-2-3-5-13/h6H,2-5H2,1H3,(H2,10,11). The normalized spacial score (nSPS) is 16.2. The molecule has 1 aromatic rings. The predicted molar refractivity (Wildman–Crippen MR) is 52.8 cm³/mol. The fraction of sp³-hybridized carbons (Fsp3) is 0.556. The highest BCUT2D eigenvalue weighted by Gasteiger charge is 2.22. The molecule has 1 aliphatic rings. The number of anilines is 1. The molecule has 5 heteroatoms. The highest BCUT2D eigenvalue weighted by Crippen LogP contribution is 2.13. The number of nitrogens with zero attached hydrogens (tertiary/aromatic N) is 3. The van der Waals surface area contributed by atoms with E-state index in [-0.39, 0.29) is 5.91 Å². The largest absolute Gasteiger partial charge is 0.382 e. The zero-order valence-electron chi connectivity index (χ0n) is 8.23. The molecule has 0 saturated carbocycles. The van der Waals surface area contributed by atoms with Crippen LogP contribution < -0.4 is 5.73 Å².